The van der Waals surface area contributed by atoms with Crippen molar-refractivity contribution in [3.05, 3.63) is 28.8 Å². The lowest BCUT2D eigenvalue weighted by Gasteiger charge is -2.13. The molecule has 1 fully saturated rings. The standard InChI is InChI=1S/C14H20ClNO/c1-10(11-3-4-11)8-16-9-12-7-13(15)5-6-14(12)17-2/h5-7,10-11,16H,3-4,8-9H2,1-2H3. The Labute approximate surface area is 108 Å². The van der Waals surface area contributed by atoms with Gasteiger partial charge in [0.2, 0.25) is 0 Å². The molecule has 3 heteroatoms. The van der Waals surface area contributed by atoms with Gasteiger partial charge in [0.25, 0.3) is 0 Å². The predicted octanol–water partition coefficient (Wildman–Crippen LogP) is 3.48. The van der Waals surface area contributed by atoms with Gasteiger partial charge < -0.3 is 10.1 Å². The zero-order valence-corrected chi connectivity index (χ0v) is 11.3. The van der Waals surface area contributed by atoms with E-state index >= 15 is 0 Å². The summed E-state index contributed by atoms with van der Waals surface area (Å²) >= 11 is 5.99. The highest BCUT2D eigenvalue weighted by Crippen LogP contribution is 2.36. The van der Waals surface area contributed by atoms with Gasteiger partial charge in [0.1, 0.15) is 5.75 Å². The van der Waals surface area contributed by atoms with Gasteiger partial charge >= 0.3 is 0 Å². The molecule has 17 heavy (non-hydrogen) atoms. The molecule has 1 unspecified atom stereocenters. The predicted molar refractivity (Wildman–Crippen MR) is 71.6 cm³/mol. The van der Waals surface area contributed by atoms with Crippen LogP contribution < -0.4 is 10.1 Å². The van der Waals surface area contributed by atoms with Crippen LogP contribution in [0.5, 0.6) is 5.75 Å². The first-order chi connectivity index (χ1) is 8.20. The Balaban J connectivity index is 1.86. The molecule has 0 aliphatic heterocycles. The number of ether oxygens (including phenoxy) is 1. The molecule has 0 amide bonds. The molecule has 1 N–H and O–H groups in total. The summed E-state index contributed by atoms with van der Waals surface area (Å²) in [5, 5.41) is 4.25. The SMILES string of the molecule is COc1ccc(Cl)cc1CNCC(C)C1CC1. The summed E-state index contributed by atoms with van der Waals surface area (Å²) in [6.45, 7) is 4.21. The molecule has 2 nitrogen and oxygen atoms in total. The molecular formula is C14H20ClNO. The Hall–Kier alpha value is -0.730. The monoisotopic (exact) mass is 253 g/mol. The van der Waals surface area contributed by atoms with Gasteiger partial charge in [-0.2, -0.15) is 0 Å². The fourth-order valence-electron chi connectivity index (χ4n) is 2.15. The van der Waals surface area contributed by atoms with E-state index in [2.05, 4.69) is 12.2 Å². The van der Waals surface area contributed by atoms with Crippen molar-refractivity contribution in [3.63, 3.8) is 0 Å². The average Bonchev–Trinajstić information content (AvgIpc) is 3.13. The number of hydrogen-bond donors (Lipinski definition) is 1. The van der Waals surface area contributed by atoms with E-state index in [4.69, 9.17) is 16.3 Å². The van der Waals surface area contributed by atoms with Crippen molar-refractivity contribution < 1.29 is 4.74 Å². The number of methoxy groups -OCH3 is 1. The van der Waals surface area contributed by atoms with E-state index in [9.17, 15) is 0 Å². The molecule has 0 radical (unpaired) electrons. The van der Waals surface area contributed by atoms with Crippen molar-refractivity contribution in [1.29, 1.82) is 0 Å². The summed E-state index contributed by atoms with van der Waals surface area (Å²) in [5.41, 5.74) is 1.13. The molecule has 0 saturated heterocycles. The highest BCUT2D eigenvalue weighted by Gasteiger charge is 2.27. The normalized spacial score (nSPS) is 16.9. The molecule has 1 saturated carbocycles. The molecule has 94 valence electrons. The number of benzene rings is 1. The van der Waals surface area contributed by atoms with Gasteiger partial charge in [0.05, 0.1) is 7.11 Å². The highest BCUT2D eigenvalue weighted by molar-refractivity contribution is 6.30. The van der Waals surface area contributed by atoms with Crippen molar-refractivity contribution >= 4 is 11.6 Å². The average molecular weight is 254 g/mol. The summed E-state index contributed by atoms with van der Waals surface area (Å²) in [7, 11) is 1.69. The maximum atomic E-state index is 5.99. The summed E-state index contributed by atoms with van der Waals surface area (Å²) in [5.74, 6) is 2.63. The lowest BCUT2D eigenvalue weighted by atomic mass is 10.1. The summed E-state index contributed by atoms with van der Waals surface area (Å²) in [6, 6.07) is 5.75. The van der Waals surface area contributed by atoms with Gasteiger partial charge in [-0.3, -0.25) is 0 Å². The maximum absolute atomic E-state index is 5.99. The first-order valence-corrected chi connectivity index (χ1v) is 6.61. The minimum atomic E-state index is 0.762. The van der Waals surface area contributed by atoms with Crippen LogP contribution in [0.1, 0.15) is 25.3 Å². The maximum Gasteiger partial charge on any atom is 0.123 e. The zero-order valence-electron chi connectivity index (χ0n) is 10.5. The van der Waals surface area contributed by atoms with Crippen LogP contribution in [-0.4, -0.2) is 13.7 Å². The Morgan fingerprint density at radius 1 is 1.47 bits per heavy atom. The Bertz CT molecular complexity index is 376. The molecule has 1 aliphatic carbocycles. The van der Waals surface area contributed by atoms with E-state index in [0.717, 1.165) is 41.3 Å². The fraction of sp³-hybridized carbons (Fsp3) is 0.571. The van der Waals surface area contributed by atoms with Crippen molar-refractivity contribution in [2.75, 3.05) is 13.7 Å². The number of nitrogens with one attached hydrogen (secondary N) is 1. The van der Waals surface area contributed by atoms with Crippen molar-refractivity contribution in [3.8, 4) is 5.75 Å². The molecule has 1 aliphatic rings. The van der Waals surface area contributed by atoms with E-state index in [-0.39, 0.29) is 0 Å². The first-order valence-electron chi connectivity index (χ1n) is 6.24. The van der Waals surface area contributed by atoms with E-state index in [1.165, 1.54) is 12.8 Å². The third kappa shape index (κ3) is 3.62. The number of halogens is 1. The molecule has 0 spiro atoms. The third-order valence-electron chi connectivity index (χ3n) is 3.45. The van der Waals surface area contributed by atoms with Crippen molar-refractivity contribution in [1.82, 2.24) is 5.32 Å². The van der Waals surface area contributed by atoms with Crippen LogP contribution in [0.4, 0.5) is 0 Å². The van der Waals surface area contributed by atoms with Crippen LogP contribution >= 0.6 is 11.6 Å². The molecule has 0 heterocycles. The molecule has 0 aromatic heterocycles. The number of rotatable bonds is 6. The van der Waals surface area contributed by atoms with Gasteiger partial charge in [0, 0.05) is 17.1 Å². The minimum absolute atomic E-state index is 0.762. The topological polar surface area (TPSA) is 21.3 Å². The van der Waals surface area contributed by atoms with Crippen LogP contribution in [0.3, 0.4) is 0 Å². The molecular weight excluding hydrogens is 234 g/mol. The largest absolute Gasteiger partial charge is 0.496 e. The van der Waals surface area contributed by atoms with E-state index in [0.29, 0.717) is 0 Å². The smallest absolute Gasteiger partial charge is 0.123 e. The van der Waals surface area contributed by atoms with Crippen LogP contribution in [0.2, 0.25) is 5.02 Å². The van der Waals surface area contributed by atoms with Crippen LogP contribution in [-0.2, 0) is 6.54 Å². The van der Waals surface area contributed by atoms with E-state index in [1.54, 1.807) is 7.11 Å². The fourth-order valence-corrected chi connectivity index (χ4v) is 2.35. The summed E-state index contributed by atoms with van der Waals surface area (Å²) < 4.78 is 5.32. The summed E-state index contributed by atoms with van der Waals surface area (Å²) in [4.78, 5) is 0. The first kappa shape index (κ1) is 12.7. The lowest BCUT2D eigenvalue weighted by molar-refractivity contribution is 0.404. The highest BCUT2D eigenvalue weighted by atomic mass is 35.5. The van der Waals surface area contributed by atoms with Crippen molar-refractivity contribution in [2.24, 2.45) is 11.8 Å². The lowest BCUT2D eigenvalue weighted by Crippen LogP contribution is -2.22. The minimum Gasteiger partial charge on any atom is -0.496 e. The molecule has 0 bridgehead atoms. The second-order valence-corrected chi connectivity index (χ2v) is 5.34. The van der Waals surface area contributed by atoms with E-state index < -0.39 is 0 Å². The van der Waals surface area contributed by atoms with Crippen LogP contribution in [0.25, 0.3) is 0 Å². The van der Waals surface area contributed by atoms with Gasteiger partial charge in [0.15, 0.2) is 0 Å². The van der Waals surface area contributed by atoms with Gasteiger partial charge in [-0.05, 0) is 49.4 Å². The Morgan fingerprint density at radius 3 is 2.88 bits per heavy atom. The van der Waals surface area contributed by atoms with Crippen LogP contribution in [0, 0.1) is 11.8 Å². The number of hydrogen-bond acceptors (Lipinski definition) is 2. The van der Waals surface area contributed by atoms with Crippen LogP contribution in [0.15, 0.2) is 18.2 Å². The third-order valence-corrected chi connectivity index (χ3v) is 3.69. The van der Waals surface area contributed by atoms with E-state index in [1.807, 2.05) is 18.2 Å². The molecule has 1 aromatic rings. The molecule has 1 atom stereocenters. The van der Waals surface area contributed by atoms with Gasteiger partial charge in [-0.1, -0.05) is 18.5 Å². The Morgan fingerprint density at radius 2 is 2.24 bits per heavy atom. The zero-order chi connectivity index (χ0) is 12.3. The van der Waals surface area contributed by atoms with Gasteiger partial charge in [-0.15, -0.1) is 0 Å². The quantitative estimate of drug-likeness (QED) is 0.838. The second kappa shape index (κ2) is 5.74. The van der Waals surface area contributed by atoms with Gasteiger partial charge in [-0.25, -0.2) is 0 Å². The molecule has 1 aromatic carbocycles. The van der Waals surface area contributed by atoms with Crippen molar-refractivity contribution in [2.45, 2.75) is 26.3 Å². The summed E-state index contributed by atoms with van der Waals surface area (Å²) in [6.07, 6.45) is 2.81. The Kier molecular flexibility index (Phi) is 4.30. The second-order valence-electron chi connectivity index (χ2n) is 4.90. The molecule has 2 rings (SSSR count).